The van der Waals surface area contributed by atoms with Gasteiger partial charge >= 0.3 is 0 Å². The number of likely N-dealkylation sites (tertiary alicyclic amines) is 1. The number of hydrogen-bond acceptors (Lipinski definition) is 6. The van der Waals surface area contributed by atoms with E-state index in [0.717, 1.165) is 11.0 Å². The molecule has 1 saturated heterocycles. The first kappa shape index (κ1) is 16.4. The van der Waals surface area contributed by atoms with Crippen LogP contribution in [0.4, 0.5) is 5.82 Å². The maximum absolute atomic E-state index is 12.5. The lowest BCUT2D eigenvalue weighted by Crippen LogP contribution is -2.51. The van der Waals surface area contributed by atoms with E-state index in [1.54, 1.807) is 35.5 Å². The number of pyridine rings is 1. The van der Waals surface area contributed by atoms with E-state index in [1.807, 2.05) is 24.3 Å². The maximum atomic E-state index is 12.5. The largest absolute Gasteiger partial charge is 0.389 e. The van der Waals surface area contributed by atoms with Gasteiger partial charge in [-0.3, -0.25) is 14.8 Å². The second-order valence-corrected chi connectivity index (χ2v) is 6.32. The summed E-state index contributed by atoms with van der Waals surface area (Å²) in [5.74, 6) is 0.464. The normalized spacial score (nSPS) is 20.1. The van der Waals surface area contributed by atoms with Crippen molar-refractivity contribution in [1.82, 2.24) is 19.9 Å². The monoisotopic (exact) mass is 349 g/mol. The van der Waals surface area contributed by atoms with E-state index >= 15 is 0 Å². The number of fused-ring (bicyclic) bond motifs is 1. The summed E-state index contributed by atoms with van der Waals surface area (Å²) in [5.41, 5.74) is 2.02. The number of carbonyl (C=O) groups excluding carboxylic acids is 1. The molecule has 0 aliphatic carbocycles. The number of aliphatic hydroxyl groups excluding tert-OH is 1. The summed E-state index contributed by atoms with van der Waals surface area (Å²) in [5, 5.41) is 13.7. The number of aliphatic hydroxyl groups is 1. The number of anilines is 1. The Morgan fingerprint density at radius 2 is 1.92 bits per heavy atom. The molecule has 2 N–H and O–H groups in total. The molecule has 4 rings (SSSR count). The Morgan fingerprint density at radius 1 is 1.12 bits per heavy atom. The smallest absolute Gasteiger partial charge is 0.272 e. The number of carbonyl (C=O) groups is 1. The lowest BCUT2D eigenvalue weighted by molar-refractivity contribution is 0.0421. The SMILES string of the molecule is O=C(c1ccccn1)N1CC[C@@H](Nc2cnc3ccccc3n2)[C@H](O)C1. The number of hydrogen-bond donors (Lipinski definition) is 2. The summed E-state index contributed by atoms with van der Waals surface area (Å²) in [7, 11) is 0. The quantitative estimate of drug-likeness (QED) is 0.748. The molecule has 2 aromatic heterocycles. The van der Waals surface area contributed by atoms with Crippen LogP contribution in [-0.2, 0) is 0 Å². The van der Waals surface area contributed by atoms with Crippen molar-refractivity contribution in [2.75, 3.05) is 18.4 Å². The van der Waals surface area contributed by atoms with Crippen molar-refractivity contribution in [3.63, 3.8) is 0 Å². The second kappa shape index (κ2) is 7.05. The summed E-state index contributed by atoms with van der Waals surface area (Å²) < 4.78 is 0. The Morgan fingerprint density at radius 3 is 2.69 bits per heavy atom. The van der Waals surface area contributed by atoms with E-state index < -0.39 is 6.10 Å². The van der Waals surface area contributed by atoms with E-state index in [1.165, 1.54) is 0 Å². The van der Waals surface area contributed by atoms with E-state index in [0.29, 0.717) is 24.5 Å². The minimum atomic E-state index is -0.690. The highest BCUT2D eigenvalue weighted by atomic mass is 16.3. The summed E-state index contributed by atoms with van der Waals surface area (Å²) >= 11 is 0. The van der Waals surface area contributed by atoms with Gasteiger partial charge in [-0.25, -0.2) is 4.98 Å². The molecule has 2 atom stereocenters. The van der Waals surface area contributed by atoms with Crippen molar-refractivity contribution in [3.05, 3.63) is 60.6 Å². The average Bonchev–Trinajstić information content (AvgIpc) is 2.69. The lowest BCUT2D eigenvalue weighted by Gasteiger charge is -2.36. The van der Waals surface area contributed by atoms with E-state index in [2.05, 4.69) is 20.3 Å². The number of nitrogens with one attached hydrogen (secondary N) is 1. The number of nitrogens with zero attached hydrogens (tertiary/aromatic N) is 4. The topological polar surface area (TPSA) is 91.2 Å². The fourth-order valence-electron chi connectivity index (χ4n) is 3.15. The zero-order chi connectivity index (χ0) is 17.9. The number of benzene rings is 1. The average molecular weight is 349 g/mol. The third-order valence-electron chi connectivity index (χ3n) is 4.53. The summed E-state index contributed by atoms with van der Waals surface area (Å²) in [6.45, 7) is 0.805. The van der Waals surface area contributed by atoms with E-state index in [-0.39, 0.29) is 18.5 Å². The van der Waals surface area contributed by atoms with Crippen molar-refractivity contribution in [2.45, 2.75) is 18.6 Å². The molecule has 0 spiro atoms. The Labute approximate surface area is 150 Å². The van der Waals surface area contributed by atoms with Crippen LogP contribution in [0.2, 0.25) is 0 Å². The molecule has 1 aromatic carbocycles. The molecular formula is C19H19N5O2. The first-order valence-electron chi connectivity index (χ1n) is 8.57. The summed E-state index contributed by atoms with van der Waals surface area (Å²) in [6, 6.07) is 12.7. The van der Waals surface area contributed by atoms with Gasteiger partial charge in [0.2, 0.25) is 0 Å². The van der Waals surface area contributed by atoms with Crippen molar-refractivity contribution in [3.8, 4) is 0 Å². The van der Waals surface area contributed by atoms with Gasteiger partial charge < -0.3 is 15.3 Å². The van der Waals surface area contributed by atoms with Crippen LogP contribution in [0, 0.1) is 0 Å². The number of β-amino-alcohol motifs (C(OH)–C–C–N with tert-alkyl or cyclic N) is 1. The van der Waals surface area contributed by atoms with Gasteiger partial charge in [0.15, 0.2) is 0 Å². The highest BCUT2D eigenvalue weighted by molar-refractivity contribution is 5.92. The molecule has 132 valence electrons. The Balaban J connectivity index is 1.42. The molecule has 1 aliphatic heterocycles. The lowest BCUT2D eigenvalue weighted by atomic mass is 10.0. The zero-order valence-electron chi connectivity index (χ0n) is 14.1. The predicted octanol–water partition coefficient (Wildman–Crippen LogP) is 1.71. The van der Waals surface area contributed by atoms with Gasteiger partial charge in [0.05, 0.1) is 29.4 Å². The number of piperidine rings is 1. The first-order valence-corrected chi connectivity index (χ1v) is 8.57. The van der Waals surface area contributed by atoms with Crippen LogP contribution in [0.25, 0.3) is 11.0 Å². The number of para-hydroxylation sites is 2. The molecule has 0 unspecified atom stereocenters. The second-order valence-electron chi connectivity index (χ2n) is 6.32. The zero-order valence-corrected chi connectivity index (χ0v) is 14.1. The molecule has 0 saturated carbocycles. The third-order valence-corrected chi connectivity index (χ3v) is 4.53. The molecule has 7 nitrogen and oxygen atoms in total. The first-order chi connectivity index (χ1) is 12.7. The minimum Gasteiger partial charge on any atom is -0.389 e. The van der Waals surface area contributed by atoms with Gasteiger partial charge in [0, 0.05) is 19.3 Å². The fourth-order valence-corrected chi connectivity index (χ4v) is 3.15. The van der Waals surface area contributed by atoms with Gasteiger partial charge in [0.25, 0.3) is 5.91 Å². The van der Waals surface area contributed by atoms with Gasteiger partial charge in [-0.05, 0) is 30.7 Å². The van der Waals surface area contributed by atoms with Gasteiger partial charge in [-0.2, -0.15) is 0 Å². The van der Waals surface area contributed by atoms with Crippen LogP contribution < -0.4 is 5.32 Å². The Kier molecular flexibility index (Phi) is 4.45. The number of amides is 1. The molecule has 1 fully saturated rings. The van der Waals surface area contributed by atoms with E-state index in [4.69, 9.17) is 0 Å². The predicted molar refractivity (Wildman–Crippen MR) is 97.7 cm³/mol. The number of aromatic nitrogens is 3. The molecule has 3 heterocycles. The molecule has 1 aliphatic rings. The van der Waals surface area contributed by atoms with Gasteiger partial charge in [-0.15, -0.1) is 0 Å². The molecule has 26 heavy (non-hydrogen) atoms. The van der Waals surface area contributed by atoms with Gasteiger partial charge in [0.1, 0.15) is 11.5 Å². The highest BCUT2D eigenvalue weighted by Gasteiger charge is 2.31. The Bertz CT molecular complexity index is 918. The third kappa shape index (κ3) is 3.34. The van der Waals surface area contributed by atoms with Crippen molar-refractivity contribution < 1.29 is 9.90 Å². The van der Waals surface area contributed by atoms with Crippen LogP contribution in [-0.4, -0.2) is 56.1 Å². The standard InChI is InChI=1S/C19H19N5O2/c25-17-12-24(19(26)16-7-3-4-9-20-16)10-8-15(17)23-18-11-21-13-5-1-2-6-14(13)22-18/h1-7,9,11,15,17,25H,8,10,12H2,(H,22,23)/t15-,17-/m1/s1. The molecule has 3 aromatic rings. The molecule has 0 radical (unpaired) electrons. The van der Waals surface area contributed by atoms with Crippen LogP contribution >= 0.6 is 0 Å². The van der Waals surface area contributed by atoms with Crippen molar-refractivity contribution in [1.29, 1.82) is 0 Å². The minimum absolute atomic E-state index is 0.159. The highest BCUT2D eigenvalue weighted by Crippen LogP contribution is 2.18. The van der Waals surface area contributed by atoms with Crippen LogP contribution in [0.3, 0.4) is 0 Å². The van der Waals surface area contributed by atoms with Crippen LogP contribution in [0.1, 0.15) is 16.9 Å². The number of rotatable bonds is 3. The molecule has 1 amide bonds. The summed E-state index contributed by atoms with van der Waals surface area (Å²) in [4.78, 5) is 27.1. The Hall–Kier alpha value is -3.06. The van der Waals surface area contributed by atoms with Crippen molar-refractivity contribution >= 4 is 22.8 Å². The van der Waals surface area contributed by atoms with Crippen LogP contribution in [0.5, 0.6) is 0 Å². The van der Waals surface area contributed by atoms with Gasteiger partial charge in [-0.1, -0.05) is 18.2 Å². The summed E-state index contributed by atoms with van der Waals surface area (Å²) in [6.07, 6.45) is 3.19. The molecule has 0 bridgehead atoms. The van der Waals surface area contributed by atoms with Crippen LogP contribution in [0.15, 0.2) is 54.9 Å². The maximum Gasteiger partial charge on any atom is 0.272 e. The molecule has 7 heteroatoms. The molecular weight excluding hydrogens is 330 g/mol. The van der Waals surface area contributed by atoms with E-state index in [9.17, 15) is 9.90 Å². The van der Waals surface area contributed by atoms with Crippen molar-refractivity contribution in [2.24, 2.45) is 0 Å². The fraction of sp³-hybridized carbons (Fsp3) is 0.263.